The normalized spacial score (nSPS) is 13.5. The summed E-state index contributed by atoms with van der Waals surface area (Å²) in [7, 11) is 1.59. The molecule has 0 atom stereocenters. The SMILES string of the molecule is COc1ccccc1OCc1nc(C(=O)O)c2n1CCCC2. The van der Waals surface area contributed by atoms with Gasteiger partial charge in [0.2, 0.25) is 0 Å². The van der Waals surface area contributed by atoms with Crippen LogP contribution >= 0.6 is 0 Å². The van der Waals surface area contributed by atoms with Crippen molar-refractivity contribution >= 4 is 5.97 Å². The molecule has 0 saturated carbocycles. The molecule has 3 rings (SSSR count). The number of hydrogen-bond donors (Lipinski definition) is 1. The molecule has 1 aliphatic heterocycles. The van der Waals surface area contributed by atoms with Crippen molar-refractivity contribution in [3.63, 3.8) is 0 Å². The molecule has 0 saturated heterocycles. The number of para-hydroxylation sites is 2. The zero-order chi connectivity index (χ0) is 15.5. The fraction of sp³-hybridized carbons (Fsp3) is 0.375. The van der Waals surface area contributed by atoms with Gasteiger partial charge < -0.3 is 19.1 Å². The minimum absolute atomic E-state index is 0.151. The molecule has 2 aromatic rings. The van der Waals surface area contributed by atoms with Crippen LogP contribution in [0.15, 0.2) is 24.3 Å². The summed E-state index contributed by atoms with van der Waals surface area (Å²) in [6.07, 6.45) is 2.78. The Labute approximate surface area is 128 Å². The van der Waals surface area contributed by atoms with E-state index >= 15 is 0 Å². The van der Waals surface area contributed by atoms with Gasteiger partial charge in [0.25, 0.3) is 0 Å². The van der Waals surface area contributed by atoms with Gasteiger partial charge in [0, 0.05) is 6.54 Å². The van der Waals surface area contributed by atoms with Crippen molar-refractivity contribution in [3.8, 4) is 11.5 Å². The molecule has 116 valence electrons. The largest absolute Gasteiger partial charge is 0.493 e. The summed E-state index contributed by atoms with van der Waals surface area (Å²) >= 11 is 0. The number of imidazole rings is 1. The van der Waals surface area contributed by atoms with E-state index in [-0.39, 0.29) is 12.3 Å². The Morgan fingerprint density at radius 2 is 2.09 bits per heavy atom. The third kappa shape index (κ3) is 2.64. The highest BCUT2D eigenvalue weighted by molar-refractivity contribution is 5.86. The fourth-order valence-electron chi connectivity index (χ4n) is 2.78. The van der Waals surface area contributed by atoms with Crippen LogP contribution in [0.1, 0.15) is 34.8 Å². The van der Waals surface area contributed by atoms with Crippen LogP contribution in [0.2, 0.25) is 0 Å². The van der Waals surface area contributed by atoms with Crippen LogP contribution in [-0.4, -0.2) is 27.7 Å². The van der Waals surface area contributed by atoms with E-state index in [2.05, 4.69) is 4.98 Å². The number of aromatic carboxylic acids is 1. The summed E-state index contributed by atoms with van der Waals surface area (Å²) in [6, 6.07) is 7.36. The first-order chi connectivity index (χ1) is 10.7. The van der Waals surface area contributed by atoms with Crippen molar-refractivity contribution in [1.29, 1.82) is 0 Å². The Morgan fingerprint density at radius 3 is 2.82 bits per heavy atom. The standard InChI is InChI=1S/C16H18N2O4/c1-21-12-7-2-3-8-13(12)22-10-14-17-15(16(19)20)11-6-4-5-9-18(11)14/h2-3,7-8H,4-6,9-10H2,1H3,(H,19,20). The summed E-state index contributed by atoms with van der Waals surface area (Å²) in [5, 5.41) is 9.28. The fourth-order valence-corrected chi connectivity index (χ4v) is 2.78. The third-order valence-corrected chi connectivity index (χ3v) is 3.83. The third-order valence-electron chi connectivity index (χ3n) is 3.83. The van der Waals surface area contributed by atoms with E-state index in [0.717, 1.165) is 31.5 Å². The predicted molar refractivity (Wildman–Crippen MR) is 79.5 cm³/mol. The summed E-state index contributed by atoms with van der Waals surface area (Å²) in [6.45, 7) is 1.01. The van der Waals surface area contributed by atoms with Gasteiger partial charge >= 0.3 is 5.97 Å². The van der Waals surface area contributed by atoms with Crippen LogP contribution in [0, 0.1) is 0 Å². The number of benzene rings is 1. The molecule has 0 radical (unpaired) electrons. The number of ether oxygens (including phenoxy) is 2. The number of rotatable bonds is 5. The van der Waals surface area contributed by atoms with Crippen molar-refractivity contribution in [2.24, 2.45) is 0 Å². The van der Waals surface area contributed by atoms with E-state index < -0.39 is 5.97 Å². The number of hydrogen-bond acceptors (Lipinski definition) is 4. The molecule has 22 heavy (non-hydrogen) atoms. The summed E-state index contributed by atoms with van der Waals surface area (Å²) in [5.74, 6) is 0.939. The minimum Gasteiger partial charge on any atom is -0.493 e. The number of fused-ring (bicyclic) bond motifs is 1. The van der Waals surface area contributed by atoms with Gasteiger partial charge in [0.1, 0.15) is 12.4 Å². The Hall–Kier alpha value is -2.50. The van der Waals surface area contributed by atoms with E-state index in [9.17, 15) is 9.90 Å². The van der Waals surface area contributed by atoms with Crippen LogP contribution < -0.4 is 9.47 Å². The average molecular weight is 302 g/mol. The molecule has 0 amide bonds. The number of carbonyl (C=O) groups is 1. The number of carboxylic acid groups (broad SMARTS) is 1. The molecule has 0 unspecified atom stereocenters. The lowest BCUT2D eigenvalue weighted by molar-refractivity contribution is 0.0689. The second-order valence-electron chi connectivity index (χ2n) is 5.18. The van der Waals surface area contributed by atoms with Gasteiger partial charge in [0.05, 0.1) is 12.8 Å². The molecule has 0 bridgehead atoms. The molecule has 6 heteroatoms. The molecule has 1 aromatic heterocycles. The molecule has 1 aliphatic rings. The highest BCUT2D eigenvalue weighted by Crippen LogP contribution is 2.27. The maximum absolute atomic E-state index is 11.3. The van der Waals surface area contributed by atoms with Gasteiger partial charge in [-0.3, -0.25) is 0 Å². The number of aromatic nitrogens is 2. The van der Waals surface area contributed by atoms with E-state index in [1.54, 1.807) is 7.11 Å². The van der Waals surface area contributed by atoms with E-state index in [1.165, 1.54) is 0 Å². The van der Waals surface area contributed by atoms with Crippen LogP contribution in [-0.2, 0) is 19.6 Å². The van der Waals surface area contributed by atoms with Gasteiger partial charge in [0.15, 0.2) is 17.2 Å². The summed E-state index contributed by atoms with van der Waals surface area (Å²) in [5.41, 5.74) is 0.954. The van der Waals surface area contributed by atoms with Crippen molar-refractivity contribution in [2.45, 2.75) is 32.4 Å². The van der Waals surface area contributed by atoms with Gasteiger partial charge in [-0.15, -0.1) is 0 Å². The monoisotopic (exact) mass is 302 g/mol. The first-order valence-corrected chi connectivity index (χ1v) is 7.28. The van der Waals surface area contributed by atoms with Crippen molar-refractivity contribution in [2.75, 3.05) is 7.11 Å². The lowest BCUT2D eigenvalue weighted by Gasteiger charge is -2.17. The topological polar surface area (TPSA) is 73.6 Å². The van der Waals surface area contributed by atoms with Gasteiger partial charge in [-0.2, -0.15) is 0 Å². The van der Waals surface area contributed by atoms with E-state index in [0.29, 0.717) is 17.3 Å². The smallest absolute Gasteiger partial charge is 0.356 e. The number of nitrogens with zero attached hydrogens (tertiary/aromatic N) is 2. The quantitative estimate of drug-likeness (QED) is 0.918. The first-order valence-electron chi connectivity index (χ1n) is 7.28. The van der Waals surface area contributed by atoms with Crippen LogP contribution in [0.25, 0.3) is 0 Å². The Kier molecular flexibility index (Phi) is 4.00. The number of carboxylic acids is 1. The maximum Gasteiger partial charge on any atom is 0.356 e. The molecular weight excluding hydrogens is 284 g/mol. The lowest BCUT2D eigenvalue weighted by Crippen LogP contribution is -2.15. The molecule has 6 nitrogen and oxygen atoms in total. The van der Waals surface area contributed by atoms with Crippen LogP contribution in [0.5, 0.6) is 11.5 Å². The highest BCUT2D eigenvalue weighted by Gasteiger charge is 2.24. The molecule has 1 aromatic carbocycles. The Morgan fingerprint density at radius 1 is 1.32 bits per heavy atom. The molecule has 2 heterocycles. The molecular formula is C16H18N2O4. The van der Waals surface area contributed by atoms with Crippen LogP contribution in [0.3, 0.4) is 0 Å². The predicted octanol–water partition coefficient (Wildman–Crippen LogP) is 2.51. The first kappa shape index (κ1) is 14.4. The highest BCUT2D eigenvalue weighted by atomic mass is 16.5. The number of methoxy groups -OCH3 is 1. The minimum atomic E-state index is -0.978. The lowest BCUT2D eigenvalue weighted by atomic mass is 10.1. The Balaban J connectivity index is 1.85. The van der Waals surface area contributed by atoms with E-state index in [1.807, 2.05) is 28.8 Å². The molecule has 1 N–H and O–H groups in total. The second-order valence-corrected chi connectivity index (χ2v) is 5.18. The van der Waals surface area contributed by atoms with E-state index in [4.69, 9.17) is 9.47 Å². The summed E-state index contributed by atoms with van der Waals surface area (Å²) in [4.78, 5) is 15.6. The van der Waals surface area contributed by atoms with Crippen LogP contribution in [0.4, 0.5) is 0 Å². The van der Waals surface area contributed by atoms with Crippen molar-refractivity contribution in [1.82, 2.24) is 9.55 Å². The second kappa shape index (κ2) is 6.09. The van der Waals surface area contributed by atoms with Crippen molar-refractivity contribution < 1.29 is 19.4 Å². The van der Waals surface area contributed by atoms with Gasteiger partial charge in [-0.25, -0.2) is 9.78 Å². The molecule has 0 spiro atoms. The Bertz CT molecular complexity index is 693. The molecule has 0 aliphatic carbocycles. The van der Waals surface area contributed by atoms with Gasteiger partial charge in [-0.05, 0) is 31.4 Å². The molecule has 0 fully saturated rings. The van der Waals surface area contributed by atoms with Crippen molar-refractivity contribution in [3.05, 3.63) is 41.5 Å². The zero-order valence-electron chi connectivity index (χ0n) is 12.4. The average Bonchev–Trinajstić information content (AvgIpc) is 2.92. The maximum atomic E-state index is 11.3. The zero-order valence-corrected chi connectivity index (χ0v) is 12.4. The van der Waals surface area contributed by atoms with Gasteiger partial charge in [-0.1, -0.05) is 12.1 Å². The summed E-state index contributed by atoms with van der Waals surface area (Å²) < 4.78 is 13.0.